The minimum absolute atomic E-state index is 0.399. The van der Waals surface area contributed by atoms with Gasteiger partial charge in [0, 0.05) is 37.6 Å². The van der Waals surface area contributed by atoms with Crippen LogP contribution in [-0.4, -0.2) is 45.3 Å². The van der Waals surface area contributed by atoms with Gasteiger partial charge in [0.05, 0.1) is 6.54 Å². The number of halogens is 1. The number of aliphatic imine (C=N–C) groups is 1. The van der Waals surface area contributed by atoms with Gasteiger partial charge in [-0.1, -0.05) is 23.7 Å². The summed E-state index contributed by atoms with van der Waals surface area (Å²) in [6, 6.07) is 8.50. The molecule has 1 heterocycles. The Kier molecular flexibility index (Phi) is 5.04. The first kappa shape index (κ1) is 16.8. The van der Waals surface area contributed by atoms with E-state index in [0.717, 1.165) is 29.8 Å². The summed E-state index contributed by atoms with van der Waals surface area (Å²) in [5.74, 6) is 2.30. The van der Waals surface area contributed by atoms with E-state index in [4.69, 9.17) is 11.6 Å². The Labute approximate surface area is 147 Å². The van der Waals surface area contributed by atoms with Crippen LogP contribution in [0.5, 0.6) is 0 Å². The highest BCUT2D eigenvalue weighted by molar-refractivity contribution is 6.30. The van der Waals surface area contributed by atoms with Crippen molar-refractivity contribution in [3.8, 4) is 0 Å². The van der Waals surface area contributed by atoms with Gasteiger partial charge in [0.1, 0.15) is 12.2 Å². The number of nitrogens with zero attached hydrogens (tertiary/aromatic N) is 5. The van der Waals surface area contributed by atoms with Gasteiger partial charge in [0.25, 0.3) is 0 Å². The molecule has 1 aromatic heterocycles. The Morgan fingerprint density at radius 1 is 1.50 bits per heavy atom. The van der Waals surface area contributed by atoms with Gasteiger partial charge >= 0.3 is 0 Å². The van der Waals surface area contributed by atoms with Crippen LogP contribution in [0.15, 0.2) is 35.6 Å². The van der Waals surface area contributed by atoms with E-state index in [2.05, 4.69) is 31.4 Å². The third kappa shape index (κ3) is 3.87. The first-order valence-electron chi connectivity index (χ1n) is 8.19. The number of hydrogen-bond acceptors (Lipinski definition) is 3. The van der Waals surface area contributed by atoms with Crippen molar-refractivity contribution in [2.45, 2.75) is 31.8 Å². The minimum Gasteiger partial charge on any atom is -0.353 e. The van der Waals surface area contributed by atoms with Gasteiger partial charge in [-0.15, -0.1) is 0 Å². The average Bonchev–Trinajstić information content (AvgIpc) is 3.22. The molecule has 0 amide bonds. The van der Waals surface area contributed by atoms with E-state index in [-0.39, 0.29) is 0 Å². The zero-order valence-corrected chi connectivity index (χ0v) is 15.0. The molecule has 2 unspecified atom stereocenters. The number of nitrogens with one attached hydrogen (secondary N) is 1. The fourth-order valence-corrected chi connectivity index (χ4v) is 3.00. The maximum absolute atomic E-state index is 6.10. The first-order chi connectivity index (χ1) is 11.6. The van der Waals surface area contributed by atoms with E-state index in [0.29, 0.717) is 18.5 Å². The summed E-state index contributed by atoms with van der Waals surface area (Å²) in [4.78, 5) is 11.0. The van der Waals surface area contributed by atoms with Crippen LogP contribution in [0.3, 0.4) is 0 Å². The lowest BCUT2D eigenvalue weighted by molar-refractivity contribution is 0.446. The Morgan fingerprint density at radius 2 is 2.33 bits per heavy atom. The molecule has 1 aliphatic carbocycles. The second-order valence-electron chi connectivity index (χ2n) is 6.10. The van der Waals surface area contributed by atoms with E-state index in [1.807, 2.05) is 39.2 Å². The molecule has 7 heteroatoms. The largest absolute Gasteiger partial charge is 0.353 e. The van der Waals surface area contributed by atoms with Crippen molar-refractivity contribution in [1.82, 2.24) is 25.0 Å². The summed E-state index contributed by atoms with van der Waals surface area (Å²) in [6.07, 6.45) is 2.67. The van der Waals surface area contributed by atoms with Crippen molar-refractivity contribution in [3.63, 3.8) is 0 Å². The zero-order valence-electron chi connectivity index (χ0n) is 14.3. The molecule has 24 heavy (non-hydrogen) atoms. The van der Waals surface area contributed by atoms with Crippen LogP contribution in [0.4, 0.5) is 0 Å². The molecule has 2 aromatic rings. The minimum atomic E-state index is 0.399. The predicted octanol–water partition coefficient (Wildman–Crippen LogP) is 2.42. The molecule has 1 saturated carbocycles. The van der Waals surface area contributed by atoms with Crippen LogP contribution < -0.4 is 5.32 Å². The summed E-state index contributed by atoms with van der Waals surface area (Å²) in [5, 5.41) is 8.47. The Morgan fingerprint density at radius 3 is 3.00 bits per heavy atom. The smallest absolute Gasteiger partial charge is 0.194 e. The quantitative estimate of drug-likeness (QED) is 0.667. The first-order valence-corrected chi connectivity index (χ1v) is 8.56. The van der Waals surface area contributed by atoms with Crippen molar-refractivity contribution in [1.29, 1.82) is 0 Å². The van der Waals surface area contributed by atoms with E-state index < -0.39 is 0 Å². The van der Waals surface area contributed by atoms with Gasteiger partial charge in [-0.3, -0.25) is 9.67 Å². The molecule has 0 aliphatic heterocycles. The van der Waals surface area contributed by atoms with Gasteiger partial charge < -0.3 is 10.2 Å². The highest BCUT2D eigenvalue weighted by Gasteiger charge is 2.39. The summed E-state index contributed by atoms with van der Waals surface area (Å²) in [7, 11) is 3.92. The van der Waals surface area contributed by atoms with Crippen molar-refractivity contribution in [2.75, 3.05) is 13.6 Å². The molecule has 1 fully saturated rings. The normalized spacial score (nSPS) is 20.1. The maximum atomic E-state index is 6.10. The summed E-state index contributed by atoms with van der Waals surface area (Å²) in [6.45, 7) is 3.44. The molecule has 0 saturated heterocycles. The van der Waals surface area contributed by atoms with Gasteiger partial charge in [0.15, 0.2) is 5.96 Å². The highest BCUT2D eigenvalue weighted by Crippen LogP contribution is 2.41. The lowest BCUT2D eigenvalue weighted by atomic mass is 10.1. The van der Waals surface area contributed by atoms with Crippen LogP contribution in [0.2, 0.25) is 5.02 Å². The second kappa shape index (κ2) is 7.21. The molecule has 0 spiro atoms. The number of aryl methyl sites for hydroxylation is 1. The fraction of sp³-hybridized carbons (Fsp3) is 0.471. The molecule has 3 rings (SSSR count). The number of benzene rings is 1. The SMILES string of the molecule is CCN=C(NC1CC1c1cccc(Cl)c1)N(C)Cc1ncnn1C. The maximum Gasteiger partial charge on any atom is 0.194 e. The van der Waals surface area contributed by atoms with Crippen molar-refractivity contribution in [3.05, 3.63) is 47.0 Å². The van der Waals surface area contributed by atoms with Gasteiger partial charge in [-0.2, -0.15) is 5.10 Å². The van der Waals surface area contributed by atoms with Crippen molar-refractivity contribution in [2.24, 2.45) is 12.0 Å². The van der Waals surface area contributed by atoms with Gasteiger partial charge in [-0.25, -0.2) is 4.98 Å². The highest BCUT2D eigenvalue weighted by atomic mass is 35.5. The molecule has 0 radical (unpaired) electrons. The van der Waals surface area contributed by atoms with Crippen LogP contribution in [0, 0.1) is 0 Å². The molecule has 1 N–H and O–H groups in total. The molecule has 1 aromatic carbocycles. The van der Waals surface area contributed by atoms with E-state index in [1.54, 1.807) is 11.0 Å². The Bertz CT molecular complexity index is 725. The van der Waals surface area contributed by atoms with Crippen LogP contribution >= 0.6 is 11.6 Å². The van der Waals surface area contributed by atoms with Crippen molar-refractivity contribution >= 4 is 17.6 Å². The topological polar surface area (TPSA) is 58.3 Å². The fourth-order valence-electron chi connectivity index (χ4n) is 2.80. The zero-order chi connectivity index (χ0) is 17.1. The molecular weight excluding hydrogens is 324 g/mol. The van der Waals surface area contributed by atoms with E-state index in [9.17, 15) is 0 Å². The Hall–Kier alpha value is -2.08. The molecule has 2 atom stereocenters. The molecule has 1 aliphatic rings. The number of guanidine groups is 1. The lowest BCUT2D eigenvalue weighted by Crippen LogP contribution is -2.40. The summed E-state index contributed by atoms with van der Waals surface area (Å²) >= 11 is 6.10. The lowest BCUT2D eigenvalue weighted by Gasteiger charge is -2.22. The van der Waals surface area contributed by atoms with E-state index >= 15 is 0 Å². The monoisotopic (exact) mass is 346 g/mol. The Balaban J connectivity index is 1.63. The predicted molar refractivity (Wildman–Crippen MR) is 96.2 cm³/mol. The van der Waals surface area contributed by atoms with Crippen LogP contribution in [0.25, 0.3) is 0 Å². The van der Waals surface area contributed by atoms with E-state index in [1.165, 1.54) is 5.56 Å². The number of aromatic nitrogens is 3. The van der Waals surface area contributed by atoms with Gasteiger partial charge in [-0.05, 0) is 31.0 Å². The molecule has 6 nitrogen and oxygen atoms in total. The van der Waals surface area contributed by atoms with Crippen LogP contribution in [0.1, 0.15) is 30.7 Å². The number of hydrogen-bond donors (Lipinski definition) is 1. The molecule has 128 valence electrons. The summed E-state index contributed by atoms with van der Waals surface area (Å²) in [5.41, 5.74) is 1.28. The summed E-state index contributed by atoms with van der Waals surface area (Å²) < 4.78 is 1.78. The second-order valence-corrected chi connectivity index (χ2v) is 6.54. The molecular formula is C17H23ClN6. The molecule has 0 bridgehead atoms. The third-order valence-corrected chi connectivity index (χ3v) is 4.47. The average molecular weight is 347 g/mol. The van der Waals surface area contributed by atoms with Gasteiger partial charge in [0.2, 0.25) is 0 Å². The standard InChI is InChI=1S/C17H23ClN6/c1-4-19-17(23(2)10-16-20-11-21-24(16)3)22-15-9-14(15)12-6-5-7-13(18)8-12/h5-8,11,14-15H,4,9-10H2,1-3H3,(H,19,22). The number of rotatable bonds is 5. The third-order valence-electron chi connectivity index (χ3n) is 4.23. The van der Waals surface area contributed by atoms with Crippen molar-refractivity contribution < 1.29 is 0 Å². The van der Waals surface area contributed by atoms with Crippen LogP contribution in [-0.2, 0) is 13.6 Å².